The van der Waals surface area contributed by atoms with E-state index >= 15 is 0 Å². The Morgan fingerprint density at radius 1 is 1.10 bits per heavy atom. The Balaban J connectivity index is 2.14. The highest BCUT2D eigenvalue weighted by molar-refractivity contribution is 5.24. The van der Waals surface area contributed by atoms with Crippen LogP contribution in [0.3, 0.4) is 0 Å². The van der Waals surface area contributed by atoms with Crippen LogP contribution in [0.1, 0.15) is 56.4 Å². The normalized spacial score (nSPS) is 20.6. The molecule has 1 saturated carbocycles. The van der Waals surface area contributed by atoms with Gasteiger partial charge in [-0.2, -0.15) is 0 Å². The third-order valence-electron chi connectivity index (χ3n) is 4.66. The fourth-order valence-corrected chi connectivity index (χ4v) is 3.41. The number of halogens is 2. The van der Waals surface area contributed by atoms with Crippen molar-refractivity contribution in [3.8, 4) is 0 Å². The van der Waals surface area contributed by atoms with Gasteiger partial charge >= 0.3 is 0 Å². The molecule has 0 amide bonds. The highest BCUT2D eigenvalue weighted by atomic mass is 19.1. The van der Waals surface area contributed by atoms with E-state index < -0.39 is 23.7 Å². The standard InChI is InChI=1S/C17H25F2NO/c18-13-8-9-14(16(19)10-13)15(11-20)17(21)12-6-4-2-1-3-5-7-12/h8-10,12,15,17,21H,1-7,11,20H2. The van der Waals surface area contributed by atoms with Crippen LogP contribution in [0.2, 0.25) is 0 Å². The molecule has 118 valence electrons. The maximum atomic E-state index is 14.0. The van der Waals surface area contributed by atoms with Crippen LogP contribution in [0.5, 0.6) is 0 Å². The molecule has 1 aliphatic rings. The Morgan fingerprint density at radius 3 is 2.29 bits per heavy atom. The summed E-state index contributed by atoms with van der Waals surface area (Å²) in [7, 11) is 0. The summed E-state index contributed by atoms with van der Waals surface area (Å²) < 4.78 is 27.0. The summed E-state index contributed by atoms with van der Waals surface area (Å²) in [6.07, 6.45) is 7.11. The van der Waals surface area contributed by atoms with Gasteiger partial charge in [0.05, 0.1) is 6.10 Å². The van der Waals surface area contributed by atoms with E-state index in [-0.39, 0.29) is 12.5 Å². The second kappa shape index (κ2) is 7.85. The van der Waals surface area contributed by atoms with Crippen molar-refractivity contribution in [1.29, 1.82) is 0 Å². The van der Waals surface area contributed by atoms with Gasteiger partial charge in [-0.25, -0.2) is 8.78 Å². The summed E-state index contributed by atoms with van der Waals surface area (Å²) in [4.78, 5) is 0. The van der Waals surface area contributed by atoms with Crippen LogP contribution in [-0.4, -0.2) is 17.8 Å². The van der Waals surface area contributed by atoms with E-state index in [1.807, 2.05) is 0 Å². The molecule has 2 nitrogen and oxygen atoms in total. The Kier molecular flexibility index (Phi) is 6.12. The number of rotatable bonds is 4. The smallest absolute Gasteiger partial charge is 0.129 e. The molecule has 1 aliphatic carbocycles. The summed E-state index contributed by atoms with van der Waals surface area (Å²) in [5, 5.41) is 10.7. The molecule has 2 unspecified atom stereocenters. The maximum absolute atomic E-state index is 14.0. The van der Waals surface area contributed by atoms with E-state index in [0.29, 0.717) is 5.56 Å². The molecule has 2 rings (SSSR count). The maximum Gasteiger partial charge on any atom is 0.129 e. The molecule has 1 fully saturated rings. The van der Waals surface area contributed by atoms with Crippen molar-refractivity contribution in [3.05, 3.63) is 35.4 Å². The van der Waals surface area contributed by atoms with E-state index in [9.17, 15) is 13.9 Å². The highest BCUT2D eigenvalue weighted by Gasteiger charge is 2.29. The van der Waals surface area contributed by atoms with E-state index in [1.165, 1.54) is 31.4 Å². The van der Waals surface area contributed by atoms with Gasteiger partial charge in [-0.1, -0.05) is 38.2 Å². The number of hydrogen-bond donors (Lipinski definition) is 2. The van der Waals surface area contributed by atoms with Gasteiger partial charge in [0.1, 0.15) is 11.6 Å². The average Bonchev–Trinajstić information content (AvgIpc) is 2.41. The van der Waals surface area contributed by atoms with Gasteiger partial charge in [-0.05, 0) is 30.4 Å². The minimum Gasteiger partial charge on any atom is -0.392 e. The molecular weight excluding hydrogens is 272 g/mol. The molecule has 0 radical (unpaired) electrons. The number of aliphatic hydroxyl groups excluding tert-OH is 1. The largest absolute Gasteiger partial charge is 0.392 e. The first-order valence-corrected chi connectivity index (χ1v) is 7.96. The van der Waals surface area contributed by atoms with Gasteiger partial charge in [0.15, 0.2) is 0 Å². The molecule has 0 spiro atoms. The topological polar surface area (TPSA) is 46.2 Å². The Hall–Kier alpha value is -1.00. The highest BCUT2D eigenvalue weighted by Crippen LogP contribution is 2.33. The van der Waals surface area contributed by atoms with Gasteiger partial charge in [0, 0.05) is 18.5 Å². The first kappa shape index (κ1) is 16.4. The Morgan fingerprint density at radius 2 is 1.71 bits per heavy atom. The fraction of sp³-hybridized carbons (Fsp3) is 0.647. The predicted molar refractivity (Wildman–Crippen MR) is 80.0 cm³/mol. The van der Waals surface area contributed by atoms with Crippen molar-refractivity contribution in [2.45, 2.75) is 57.0 Å². The summed E-state index contributed by atoms with van der Waals surface area (Å²) in [5.41, 5.74) is 6.10. The minimum atomic E-state index is -0.659. The van der Waals surface area contributed by atoms with Crippen LogP contribution >= 0.6 is 0 Å². The quantitative estimate of drug-likeness (QED) is 0.889. The molecule has 1 aromatic rings. The average molecular weight is 297 g/mol. The SMILES string of the molecule is NCC(c1ccc(F)cc1F)C(O)C1CCCCCCC1. The molecule has 21 heavy (non-hydrogen) atoms. The van der Waals surface area contributed by atoms with Gasteiger partial charge in [-0.15, -0.1) is 0 Å². The van der Waals surface area contributed by atoms with Crippen LogP contribution in [-0.2, 0) is 0 Å². The van der Waals surface area contributed by atoms with Crippen molar-refractivity contribution in [2.24, 2.45) is 11.7 Å². The van der Waals surface area contributed by atoms with Gasteiger partial charge in [0.2, 0.25) is 0 Å². The molecule has 0 aliphatic heterocycles. The Labute approximate surface area is 125 Å². The van der Waals surface area contributed by atoms with Crippen molar-refractivity contribution in [2.75, 3.05) is 6.54 Å². The van der Waals surface area contributed by atoms with Crippen molar-refractivity contribution < 1.29 is 13.9 Å². The van der Waals surface area contributed by atoms with Crippen LogP contribution in [0.15, 0.2) is 18.2 Å². The molecule has 1 aromatic carbocycles. The van der Waals surface area contributed by atoms with Crippen molar-refractivity contribution >= 4 is 0 Å². The van der Waals surface area contributed by atoms with Gasteiger partial charge in [0.25, 0.3) is 0 Å². The molecule has 3 N–H and O–H groups in total. The monoisotopic (exact) mass is 297 g/mol. The molecule has 4 heteroatoms. The van der Waals surface area contributed by atoms with E-state index in [1.54, 1.807) is 0 Å². The summed E-state index contributed by atoms with van der Waals surface area (Å²) in [5.74, 6) is -1.53. The number of aliphatic hydroxyl groups is 1. The minimum absolute atomic E-state index is 0.156. The Bertz CT molecular complexity index is 444. The molecule has 0 saturated heterocycles. The van der Waals surface area contributed by atoms with Crippen molar-refractivity contribution in [3.63, 3.8) is 0 Å². The fourth-order valence-electron chi connectivity index (χ4n) is 3.41. The first-order valence-electron chi connectivity index (χ1n) is 7.96. The number of benzene rings is 1. The first-order chi connectivity index (χ1) is 10.1. The van der Waals surface area contributed by atoms with E-state index in [2.05, 4.69) is 0 Å². The zero-order valence-electron chi connectivity index (χ0n) is 12.4. The van der Waals surface area contributed by atoms with Crippen LogP contribution < -0.4 is 5.73 Å². The van der Waals surface area contributed by atoms with Gasteiger partial charge in [-0.3, -0.25) is 0 Å². The number of hydrogen-bond acceptors (Lipinski definition) is 2. The lowest BCUT2D eigenvalue weighted by Gasteiger charge is -2.31. The second-order valence-electron chi connectivity index (χ2n) is 6.10. The number of nitrogens with two attached hydrogens (primary N) is 1. The molecule has 0 heterocycles. The van der Waals surface area contributed by atoms with Crippen LogP contribution in [0, 0.1) is 17.6 Å². The van der Waals surface area contributed by atoms with Crippen LogP contribution in [0.4, 0.5) is 8.78 Å². The lowest BCUT2D eigenvalue weighted by atomic mass is 9.79. The lowest BCUT2D eigenvalue weighted by molar-refractivity contribution is 0.0669. The zero-order chi connectivity index (χ0) is 15.2. The molecule has 2 atom stereocenters. The summed E-state index contributed by atoms with van der Waals surface area (Å²) in [6.45, 7) is 0.167. The molecular formula is C17H25F2NO. The second-order valence-corrected chi connectivity index (χ2v) is 6.10. The summed E-state index contributed by atoms with van der Waals surface area (Å²) >= 11 is 0. The van der Waals surface area contributed by atoms with E-state index in [0.717, 1.165) is 31.7 Å². The molecule has 0 bridgehead atoms. The van der Waals surface area contributed by atoms with Crippen molar-refractivity contribution in [1.82, 2.24) is 0 Å². The summed E-state index contributed by atoms with van der Waals surface area (Å²) in [6, 6.07) is 3.50. The van der Waals surface area contributed by atoms with Gasteiger partial charge < -0.3 is 10.8 Å². The lowest BCUT2D eigenvalue weighted by Crippen LogP contribution is -2.33. The molecule has 0 aromatic heterocycles. The zero-order valence-corrected chi connectivity index (χ0v) is 12.4. The van der Waals surface area contributed by atoms with Crippen LogP contribution in [0.25, 0.3) is 0 Å². The van der Waals surface area contributed by atoms with E-state index in [4.69, 9.17) is 5.73 Å². The third kappa shape index (κ3) is 4.24. The predicted octanol–water partition coefficient (Wildman–Crippen LogP) is 3.73. The third-order valence-corrected chi connectivity index (χ3v) is 4.66.